The van der Waals surface area contributed by atoms with Crippen LogP contribution in [0.25, 0.3) is 10.9 Å². The number of nitro benzene ring substituents is 1. The maximum Gasteiger partial charge on any atom is 0.269 e. The monoisotopic (exact) mass is 506 g/mol. The van der Waals surface area contributed by atoms with Gasteiger partial charge < -0.3 is 9.73 Å². The van der Waals surface area contributed by atoms with Gasteiger partial charge in [0, 0.05) is 30.9 Å². The number of furan rings is 1. The van der Waals surface area contributed by atoms with Crippen LogP contribution in [0, 0.1) is 10.1 Å². The predicted octanol–water partition coefficient (Wildman–Crippen LogP) is 5.07. The molecule has 2 heterocycles. The van der Waals surface area contributed by atoms with Crippen molar-refractivity contribution in [2.45, 2.75) is 49.7 Å². The lowest BCUT2D eigenvalue weighted by atomic mass is 10.2. The number of aromatic nitrogens is 2. The van der Waals surface area contributed by atoms with Crippen LogP contribution in [0.3, 0.4) is 0 Å². The normalized spacial score (nSPS) is 11.0. The summed E-state index contributed by atoms with van der Waals surface area (Å²) >= 11 is 1.38. The van der Waals surface area contributed by atoms with E-state index in [4.69, 9.17) is 9.40 Å². The highest BCUT2D eigenvalue weighted by molar-refractivity contribution is 7.98. The predicted molar refractivity (Wildman–Crippen MR) is 138 cm³/mol. The van der Waals surface area contributed by atoms with Gasteiger partial charge in [-0.15, -0.1) is 0 Å². The molecular weight excluding hydrogens is 480 g/mol. The van der Waals surface area contributed by atoms with Gasteiger partial charge >= 0.3 is 0 Å². The maximum absolute atomic E-state index is 13.2. The van der Waals surface area contributed by atoms with Gasteiger partial charge in [0.2, 0.25) is 5.91 Å². The molecule has 1 N–H and O–H groups in total. The number of non-ortho nitro benzene ring substituents is 1. The van der Waals surface area contributed by atoms with Crippen molar-refractivity contribution in [3.8, 4) is 0 Å². The summed E-state index contributed by atoms with van der Waals surface area (Å²) in [6, 6.07) is 17.3. The SMILES string of the molecule is O=C(CCCCCn1c(SCc2cccc([N+](=O)[O-])c2)nc2ccccc2c1=O)NCc1ccco1. The summed E-state index contributed by atoms with van der Waals surface area (Å²) in [6.45, 7) is 0.844. The highest BCUT2D eigenvalue weighted by Crippen LogP contribution is 2.24. The Kier molecular flexibility index (Phi) is 8.51. The topological polar surface area (TPSA) is 120 Å². The number of para-hydroxylation sites is 1. The van der Waals surface area contributed by atoms with Crippen LogP contribution in [0.15, 0.2) is 81.3 Å². The summed E-state index contributed by atoms with van der Waals surface area (Å²) in [6.07, 6.45) is 4.18. The first-order valence-corrected chi connectivity index (χ1v) is 12.6. The van der Waals surface area contributed by atoms with Crippen molar-refractivity contribution in [3.63, 3.8) is 0 Å². The van der Waals surface area contributed by atoms with Gasteiger partial charge in [0.1, 0.15) is 5.76 Å². The number of carbonyl (C=O) groups excluding carboxylic acids is 1. The smallest absolute Gasteiger partial charge is 0.269 e. The van der Waals surface area contributed by atoms with E-state index in [1.54, 1.807) is 35.1 Å². The number of carbonyl (C=O) groups is 1. The van der Waals surface area contributed by atoms with E-state index < -0.39 is 4.92 Å². The molecule has 2 aromatic heterocycles. The first kappa shape index (κ1) is 25.2. The number of unbranched alkanes of at least 4 members (excludes halogenated alkanes) is 2. The summed E-state index contributed by atoms with van der Waals surface area (Å²) in [7, 11) is 0. The van der Waals surface area contributed by atoms with E-state index in [-0.39, 0.29) is 17.2 Å². The van der Waals surface area contributed by atoms with Gasteiger partial charge in [-0.25, -0.2) is 4.98 Å². The molecule has 2 aromatic carbocycles. The Bertz CT molecular complexity index is 1400. The molecule has 0 spiro atoms. The van der Waals surface area contributed by atoms with Gasteiger partial charge in [-0.1, -0.05) is 42.4 Å². The quantitative estimate of drug-likeness (QED) is 0.0936. The second-order valence-electron chi connectivity index (χ2n) is 8.25. The van der Waals surface area contributed by atoms with Crippen molar-refractivity contribution in [2.24, 2.45) is 0 Å². The number of thioether (sulfide) groups is 1. The molecule has 10 heteroatoms. The molecule has 0 saturated carbocycles. The Morgan fingerprint density at radius 1 is 1.08 bits per heavy atom. The summed E-state index contributed by atoms with van der Waals surface area (Å²) in [5, 5.41) is 15.0. The second-order valence-corrected chi connectivity index (χ2v) is 9.19. The van der Waals surface area contributed by atoms with Gasteiger partial charge in [-0.05, 0) is 42.7 Å². The molecule has 0 unspecified atom stereocenters. The summed E-state index contributed by atoms with van der Waals surface area (Å²) in [4.78, 5) is 40.6. The summed E-state index contributed by atoms with van der Waals surface area (Å²) in [5.74, 6) is 1.12. The third kappa shape index (κ3) is 6.60. The Hall–Kier alpha value is -3.92. The zero-order valence-electron chi connectivity index (χ0n) is 19.6. The number of hydrogen-bond acceptors (Lipinski definition) is 7. The van der Waals surface area contributed by atoms with Gasteiger partial charge in [0.15, 0.2) is 5.16 Å². The molecule has 0 aliphatic carbocycles. The molecule has 0 radical (unpaired) electrons. The van der Waals surface area contributed by atoms with Gasteiger partial charge in [-0.2, -0.15) is 0 Å². The van der Waals surface area contributed by atoms with Crippen LogP contribution < -0.4 is 10.9 Å². The molecule has 4 aromatic rings. The number of hydrogen-bond donors (Lipinski definition) is 1. The number of fused-ring (bicyclic) bond motifs is 1. The van der Waals surface area contributed by atoms with Crippen molar-refractivity contribution >= 4 is 34.3 Å². The van der Waals surface area contributed by atoms with Crippen LogP contribution in [-0.4, -0.2) is 20.4 Å². The van der Waals surface area contributed by atoms with E-state index >= 15 is 0 Å². The lowest BCUT2D eigenvalue weighted by Crippen LogP contribution is -2.24. The van der Waals surface area contributed by atoms with Crippen molar-refractivity contribution in [2.75, 3.05) is 0 Å². The molecule has 1 amide bonds. The molecule has 0 atom stereocenters. The fraction of sp³-hybridized carbons (Fsp3) is 0.269. The van der Waals surface area contributed by atoms with Crippen molar-refractivity contribution in [3.05, 3.63) is 98.7 Å². The van der Waals surface area contributed by atoms with E-state index in [2.05, 4.69) is 5.32 Å². The van der Waals surface area contributed by atoms with Crippen molar-refractivity contribution in [1.82, 2.24) is 14.9 Å². The lowest BCUT2D eigenvalue weighted by molar-refractivity contribution is -0.384. The number of benzene rings is 2. The summed E-state index contributed by atoms with van der Waals surface area (Å²) in [5.41, 5.74) is 1.32. The molecule has 4 rings (SSSR count). The minimum Gasteiger partial charge on any atom is -0.467 e. The molecule has 0 saturated heterocycles. The molecule has 0 fully saturated rings. The highest BCUT2D eigenvalue weighted by Gasteiger charge is 2.13. The lowest BCUT2D eigenvalue weighted by Gasteiger charge is -2.13. The van der Waals surface area contributed by atoms with E-state index in [1.165, 1.54) is 23.9 Å². The van der Waals surface area contributed by atoms with Crippen molar-refractivity contribution in [1.29, 1.82) is 0 Å². The Balaban J connectivity index is 1.38. The van der Waals surface area contributed by atoms with Crippen LogP contribution in [-0.2, 0) is 23.6 Å². The fourth-order valence-electron chi connectivity index (χ4n) is 3.78. The van der Waals surface area contributed by atoms with E-state index in [0.717, 1.165) is 18.4 Å². The van der Waals surface area contributed by atoms with Crippen LogP contribution in [0.4, 0.5) is 5.69 Å². The molecule has 0 aliphatic rings. The van der Waals surface area contributed by atoms with E-state index in [1.807, 2.05) is 24.3 Å². The average molecular weight is 507 g/mol. The fourth-order valence-corrected chi connectivity index (χ4v) is 4.75. The van der Waals surface area contributed by atoms with Crippen LogP contribution in [0.5, 0.6) is 0 Å². The zero-order valence-corrected chi connectivity index (χ0v) is 20.4. The second kappa shape index (κ2) is 12.2. The van der Waals surface area contributed by atoms with Crippen molar-refractivity contribution < 1.29 is 14.1 Å². The number of nitrogens with one attached hydrogen (secondary N) is 1. The van der Waals surface area contributed by atoms with Crippen LogP contribution >= 0.6 is 11.8 Å². The standard InChI is InChI=1S/C26H26N4O5S/c31-24(27-17-21-10-7-15-35-21)13-2-1-5-14-29-25(32)22-11-3-4-12-23(22)28-26(29)36-18-19-8-6-9-20(16-19)30(33)34/h3-4,6-12,15-16H,1-2,5,13-14,17-18H2,(H,27,31). The first-order chi connectivity index (χ1) is 17.5. The maximum atomic E-state index is 13.2. The molecule has 9 nitrogen and oxygen atoms in total. The Morgan fingerprint density at radius 3 is 2.75 bits per heavy atom. The van der Waals surface area contributed by atoms with Gasteiger partial charge in [0.25, 0.3) is 11.2 Å². The van der Waals surface area contributed by atoms with Gasteiger partial charge in [-0.3, -0.25) is 24.3 Å². The van der Waals surface area contributed by atoms with Crippen LogP contribution in [0.2, 0.25) is 0 Å². The molecule has 0 aliphatic heterocycles. The van der Waals surface area contributed by atoms with E-state index in [9.17, 15) is 19.7 Å². The first-order valence-electron chi connectivity index (χ1n) is 11.7. The molecule has 36 heavy (non-hydrogen) atoms. The van der Waals surface area contributed by atoms with Gasteiger partial charge in [0.05, 0.1) is 28.6 Å². The average Bonchev–Trinajstić information content (AvgIpc) is 3.41. The minimum absolute atomic E-state index is 0.0326. The van der Waals surface area contributed by atoms with Crippen LogP contribution in [0.1, 0.15) is 37.0 Å². The van der Waals surface area contributed by atoms with E-state index in [0.29, 0.717) is 53.5 Å². The molecule has 186 valence electrons. The number of amides is 1. The Morgan fingerprint density at radius 2 is 1.94 bits per heavy atom. The minimum atomic E-state index is -0.421. The summed E-state index contributed by atoms with van der Waals surface area (Å²) < 4.78 is 6.88. The number of rotatable bonds is 12. The molecule has 0 bridgehead atoms. The largest absolute Gasteiger partial charge is 0.467 e. The molecular formula is C26H26N4O5S. The third-order valence-electron chi connectivity index (χ3n) is 5.64. The zero-order chi connectivity index (χ0) is 25.3. The highest BCUT2D eigenvalue weighted by atomic mass is 32.2. The number of nitro groups is 1. The third-order valence-corrected chi connectivity index (χ3v) is 6.69. The Labute approximate surface area is 211 Å². The number of nitrogens with zero attached hydrogens (tertiary/aromatic N) is 3.